The molecule has 1 saturated carbocycles. The highest BCUT2D eigenvalue weighted by Gasteiger charge is 2.09. The topological polar surface area (TPSA) is 38.9 Å². The number of allylic oxidation sites excluding steroid dienone is 1. The molecule has 2 nitrogen and oxygen atoms in total. The largest absolute Gasteiger partial charge is 0.325 e. The van der Waals surface area contributed by atoms with Gasteiger partial charge in [-0.15, -0.1) is 0 Å². The fraction of sp³-hybridized carbons (Fsp3) is 0.500. The molecule has 0 amide bonds. The molecule has 1 fully saturated rings. The molecule has 2 N–H and O–H groups in total. The first-order valence-corrected chi connectivity index (χ1v) is 6.21. The fourth-order valence-electron chi connectivity index (χ4n) is 2.23. The maximum atomic E-state index is 5.51. The van der Waals surface area contributed by atoms with Gasteiger partial charge >= 0.3 is 0 Å². The molecule has 86 valence electrons. The summed E-state index contributed by atoms with van der Waals surface area (Å²) in [5.41, 5.74) is 7.65. The lowest BCUT2D eigenvalue weighted by Gasteiger charge is -2.17. The molecule has 0 atom stereocenters. The van der Waals surface area contributed by atoms with E-state index < -0.39 is 0 Å². The monoisotopic (exact) mass is 216 g/mol. The molecule has 1 aromatic heterocycles. The highest BCUT2D eigenvalue weighted by atomic mass is 14.7. The molecule has 0 radical (unpaired) electrons. The van der Waals surface area contributed by atoms with Gasteiger partial charge in [-0.05, 0) is 30.4 Å². The zero-order chi connectivity index (χ0) is 11.2. The molecule has 0 aromatic carbocycles. The number of pyridine rings is 1. The van der Waals surface area contributed by atoms with Crippen LogP contribution in [0.1, 0.15) is 43.4 Å². The number of hydrogen-bond donors (Lipinski definition) is 1. The summed E-state index contributed by atoms with van der Waals surface area (Å²) in [5, 5.41) is 0. The van der Waals surface area contributed by atoms with Gasteiger partial charge in [-0.2, -0.15) is 0 Å². The van der Waals surface area contributed by atoms with Gasteiger partial charge in [0.25, 0.3) is 0 Å². The number of hydrogen-bond acceptors (Lipinski definition) is 2. The highest BCUT2D eigenvalue weighted by molar-refractivity contribution is 5.48. The average Bonchev–Trinajstić information content (AvgIpc) is 2.38. The van der Waals surface area contributed by atoms with Crippen molar-refractivity contribution in [2.45, 2.75) is 38.6 Å². The van der Waals surface area contributed by atoms with E-state index in [0.717, 1.165) is 11.6 Å². The molecular formula is C14H20N2. The summed E-state index contributed by atoms with van der Waals surface area (Å²) in [7, 11) is 0. The Labute approximate surface area is 97.6 Å². The second kappa shape index (κ2) is 5.80. The maximum absolute atomic E-state index is 5.51. The predicted octanol–water partition coefficient (Wildman–Crippen LogP) is 3.13. The Kier molecular flexibility index (Phi) is 4.11. The summed E-state index contributed by atoms with van der Waals surface area (Å²) in [6.45, 7) is 0.520. The SMILES string of the molecule is NCc1ccc(/C=C/C2CCCCC2)cn1. The summed E-state index contributed by atoms with van der Waals surface area (Å²) in [4.78, 5) is 4.28. The molecule has 1 aliphatic carbocycles. The summed E-state index contributed by atoms with van der Waals surface area (Å²) in [6, 6.07) is 4.09. The van der Waals surface area contributed by atoms with Crippen LogP contribution < -0.4 is 5.73 Å². The van der Waals surface area contributed by atoms with Crippen LogP contribution in [0.3, 0.4) is 0 Å². The van der Waals surface area contributed by atoms with Crippen molar-refractivity contribution in [3.05, 3.63) is 35.7 Å². The van der Waals surface area contributed by atoms with Crippen LogP contribution in [-0.2, 0) is 6.54 Å². The van der Waals surface area contributed by atoms with Crippen LogP contribution in [0.4, 0.5) is 0 Å². The van der Waals surface area contributed by atoms with E-state index in [-0.39, 0.29) is 0 Å². The first-order chi connectivity index (χ1) is 7.88. The van der Waals surface area contributed by atoms with Crippen LogP contribution >= 0.6 is 0 Å². The minimum Gasteiger partial charge on any atom is -0.325 e. The first-order valence-electron chi connectivity index (χ1n) is 6.21. The Morgan fingerprint density at radius 1 is 1.25 bits per heavy atom. The van der Waals surface area contributed by atoms with E-state index >= 15 is 0 Å². The quantitative estimate of drug-likeness (QED) is 0.843. The van der Waals surface area contributed by atoms with Gasteiger partial charge in [0.15, 0.2) is 0 Å². The Hall–Kier alpha value is -1.15. The van der Waals surface area contributed by atoms with Crippen LogP contribution in [0, 0.1) is 5.92 Å². The third kappa shape index (κ3) is 3.17. The van der Waals surface area contributed by atoms with Crippen molar-refractivity contribution in [1.82, 2.24) is 4.98 Å². The molecule has 0 spiro atoms. The summed E-state index contributed by atoms with van der Waals surface area (Å²) < 4.78 is 0. The van der Waals surface area contributed by atoms with Crippen molar-refractivity contribution in [3.8, 4) is 0 Å². The van der Waals surface area contributed by atoms with Crippen molar-refractivity contribution >= 4 is 6.08 Å². The van der Waals surface area contributed by atoms with Gasteiger partial charge in [0.1, 0.15) is 0 Å². The summed E-state index contributed by atoms with van der Waals surface area (Å²) in [5.74, 6) is 0.780. The molecule has 1 heterocycles. The van der Waals surface area contributed by atoms with E-state index in [4.69, 9.17) is 5.73 Å². The van der Waals surface area contributed by atoms with Crippen molar-refractivity contribution in [2.24, 2.45) is 11.7 Å². The molecule has 0 unspecified atom stereocenters. The van der Waals surface area contributed by atoms with Crippen LogP contribution in [0.15, 0.2) is 24.4 Å². The van der Waals surface area contributed by atoms with Gasteiger partial charge < -0.3 is 5.73 Å². The number of aromatic nitrogens is 1. The smallest absolute Gasteiger partial charge is 0.0539 e. The normalized spacial score (nSPS) is 18.1. The third-order valence-corrected chi connectivity index (χ3v) is 3.27. The van der Waals surface area contributed by atoms with Crippen LogP contribution in [-0.4, -0.2) is 4.98 Å². The molecule has 2 rings (SSSR count). The molecule has 0 bridgehead atoms. The van der Waals surface area contributed by atoms with Gasteiger partial charge in [-0.3, -0.25) is 4.98 Å². The van der Waals surface area contributed by atoms with E-state index in [2.05, 4.69) is 23.2 Å². The van der Waals surface area contributed by atoms with E-state index in [1.807, 2.05) is 12.3 Å². The lowest BCUT2D eigenvalue weighted by atomic mass is 9.89. The highest BCUT2D eigenvalue weighted by Crippen LogP contribution is 2.25. The molecule has 16 heavy (non-hydrogen) atoms. The molecule has 0 aliphatic heterocycles. The number of nitrogens with zero attached hydrogens (tertiary/aromatic N) is 1. The Balaban J connectivity index is 1.94. The second-order valence-corrected chi connectivity index (χ2v) is 4.54. The zero-order valence-electron chi connectivity index (χ0n) is 9.73. The Bertz CT molecular complexity index is 334. The Morgan fingerprint density at radius 2 is 2.06 bits per heavy atom. The van der Waals surface area contributed by atoms with Crippen molar-refractivity contribution in [2.75, 3.05) is 0 Å². The predicted molar refractivity (Wildman–Crippen MR) is 67.7 cm³/mol. The number of rotatable bonds is 3. The van der Waals surface area contributed by atoms with Crippen LogP contribution in [0.2, 0.25) is 0 Å². The summed E-state index contributed by atoms with van der Waals surface area (Å²) in [6.07, 6.45) is 13.3. The van der Waals surface area contributed by atoms with Gasteiger partial charge in [0, 0.05) is 12.7 Å². The average molecular weight is 216 g/mol. The molecule has 1 aliphatic rings. The fourth-order valence-corrected chi connectivity index (χ4v) is 2.23. The minimum absolute atomic E-state index is 0.520. The van der Waals surface area contributed by atoms with E-state index in [0.29, 0.717) is 6.54 Å². The maximum Gasteiger partial charge on any atom is 0.0539 e. The van der Waals surface area contributed by atoms with Gasteiger partial charge in [-0.25, -0.2) is 0 Å². The molecule has 1 aromatic rings. The third-order valence-electron chi connectivity index (χ3n) is 3.27. The lowest BCUT2D eigenvalue weighted by Crippen LogP contribution is -2.02. The Morgan fingerprint density at radius 3 is 2.69 bits per heavy atom. The van der Waals surface area contributed by atoms with Crippen molar-refractivity contribution in [3.63, 3.8) is 0 Å². The van der Waals surface area contributed by atoms with E-state index in [1.165, 1.54) is 37.7 Å². The zero-order valence-corrected chi connectivity index (χ0v) is 9.73. The van der Waals surface area contributed by atoms with Gasteiger partial charge in [0.2, 0.25) is 0 Å². The summed E-state index contributed by atoms with van der Waals surface area (Å²) >= 11 is 0. The van der Waals surface area contributed by atoms with Gasteiger partial charge in [0.05, 0.1) is 5.69 Å². The van der Waals surface area contributed by atoms with E-state index in [1.54, 1.807) is 0 Å². The van der Waals surface area contributed by atoms with Crippen molar-refractivity contribution < 1.29 is 0 Å². The van der Waals surface area contributed by atoms with Crippen LogP contribution in [0.5, 0.6) is 0 Å². The number of nitrogens with two attached hydrogens (primary N) is 1. The standard InChI is InChI=1S/C14H20N2/c15-10-14-9-8-13(11-16-14)7-6-12-4-2-1-3-5-12/h6-9,11-12H,1-5,10,15H2/b7-6+. The molecule has 2 heteroatoms. The van der Waals surface area contributed by atoms with E-state index in [9.17, 15) is 0 Å². The molecular weight excluding hydrogens is 196 g/mol. The minimum atomic E-state index is 0.520. The van der Waals surface area contributed by atoms with Crippen molar-refractivity contribution in [1.29, 1.82) is 0 Å². The lowest BCUT2D eigenvalue weighted by molar-refractivity contribution is 0.420. The van der Waals surface area contributed by atoms with Gasteiger partial charge in [-0.1, -0.05) is 37.5 Å². The first kappa shape index (κ1) is 11.3. The second-order valence-electron chi connectivity index (χ2n) is 4.54. The van der Waals surface area contributed by atoms with Crippen LogP contribution in [0.25, 0.3) is 6.08 Å². The molecule has 0 saturated heterocycles.